The van der Waals surface area contributed by atoms with Gasteiger partial charge >= 0.3 is 0 Å². The van der Waals surface area contributed by atoms with E-state index in [1.54, 1.807) is 48.2 Å². The number of halogens is 2. The SMILES string of the molecule is CCC(C(=O)N1CCN(c2ccc(F)cc2)CC1)N(c1ccc(Cl)cc1)S(C)(=O)=O. The Balaban J connectivity index is 1.76. The molecule has 2 aromatic rings. The van der Waals surface area contributed by atoms with Crippen molar-refractivity contribution in [1.82, 2.24) is 4.90 Å². The first kappa shape index (κ1) is 22.4. The number of nitrogens with zero attached hydrogens (tertiary/aromatic N) is 3. The topological polar surface area (TPSA) is 60.9 Å². The third kappa shape index (κ3) is 5.05. The van der Waals surface area contributed by atoms with Crippen LogP contribution in [0.5, 0.6) is 0 Å². The number of amides is 1. The van der Waals surface area contributed by atoms with E-state index in [4.69, 9.17) is 11.6 Å². The van der Waals surface area contributed by atoms with Gasteiger partial charge in [-0.05, 0) is 55.0 Å². The minimum absolute atomic E-state index is 0.225. The highest BCUT2D eigenvalue weighted by atomic mass is 35.5. The minimum Gasteiger partial charge on any atom is -0.368 e. The highest BCUT2D eigenvalue weighted by molar-refractivity contribution is 7.92. The molecule has 162 valence electrons. The quantitative estimate of drug-likeness (QED) is 0.672. The van der Waals surface area contributed by atoms with Gasteiger partial charge in [0, 0.05) is 36.9 Å². The Bertz CT molecular complexity index is 976. The molecule has 3 rings (SSSR count). The Hall–Kier alpha value is -2.32. The van der Waals surface area contributed by atoms with Gasteiger partial charge in [-0.2, -0.15) is 0 Å². The summed E-state index contributed by atoms with van der Waals surface area (Å²) in [5, 5.41) is 0.489. The molecule has 2 aromatic carbocycles. The van der Waals surface area contributed by atoms with E-state index in [9.17, 15) is 17.6 Å². The molecule has 1 aliphatic rings. The lowest BCUT2D eigenvalue weighted by molar-refractivity contribution is -0.132. The predicted octanol–water partition coefficient (Wildman–Crippen LogP) is 3.37. The summed E-state index contributed by atoms with van der Waals surface area (Å²) in [5.74, 6) is -0.516. The number of piperazine rings is 1. The molecule has 1 saturated heterocycles. The molecule has 1 amide bonds. The summed E-state index contributed by atoms with van der Waals surface area (Å²) in [6.45, 7) is 3.91. The summed E-state index contributed by atoms with van der Waals surface area (Å²) in [6.07, 6.45) is 1.44. The highest BCUT2D eigenvalue weighted by Crippen LogP contribution is 2.26. The lowest BCUT2D eigenvalue weighted by Gasteiger charge is -2.39. The van der Waals surface area contributed by atoms with Crippen molar-refractivity contribution >= 4 is 38.9 Å². The van der Waals surface area contributed by atoms with Gasteiger partial charge in [-0.25, -0.2) is 12.8 Å². The monoisotopic (exact) mass is 453 g/mol. The van der Waals surface area contributed by atoms with E-state index in [0.717, 1.165) is 11.9 Å². The fourth-order valence-corrected chi connectivity index (χ4v) is 5.01. The molecule has 0 radical (unpaired) electrons. The lowest BCUT2D eigenvalue weighted by Crippen LogP contribution is -2.56. The van der Waals surface area contributed by atoms with Crippen molar-refractivity contribution < 1.29 is 17.6 Å². The van der Waals surface area contributed by atoms with Crippen LogP contribution in [0.25, 0.3) is 0 Å². The maximum absolute atomic E-state index is 13.3. The molecule has 1 heterocycles. The number of carbonyl (C=O) groups excluding carboxylic acids is 1. The molecule has 1 aliphatic heterocycles. The number of anilines is 2. The number of hydrogen-bond donors (Lipinski definition) is 0. The van der Waals surface area contributed by atoms with Gasteiger partial charge in [0.05, 0.1) is 11.9 Å². The summed E-state index contributed by atoms with van der Waals surface area (Å²) < 4.78 is 39.4. The van der Waals surface area contributed by atoms with Gasteiger partial charge in [-0.15, -0.1) is 0 Å². The number of sulfonamides is 1. The van der Waals surface area contributed by atoms with E-state index in [1.165, 1.54) is 16.4 Å². The average molecular weight is 454 g/mol. The van der Waals surface area contributed by atoms with E-state index in [-0.39, 0.29) is 11.7 Å². The van der Waals surface area contributed by atoms with Crippen molar-refractivity contribution in [3.8, 4) is 0 Å². The Morgan fingerprint density at radius 2 is 1.63 bits per heavy atom. The van der Waals surface area contributed by atoms with E-state index in [2.05, 4.69) is 4.90 Å². The summed E-state index contributed by atoms with van der Waals surface area (Å²) in [7, 11) is -3.69. The van der Waals surface area contributed by atoms with E-state index >= 15 is 0 Å². The van der Waals surface area contributed by atoms with Crippen LogP contribution in [0.15, 0.2) is 48.5 Å². The second-order valence-electron chi connectivity index (χ2n) is 7.25. The van der Waals surface area contributed by atoms with Crippen molar-refractivity contribution in [2.45, 2.75) is 19.4 Å². The van der Waals surface area contributed by atoms with E-state index in [0.29, 0.717) is 43.3 Å². The fourth-order valence-electron chi connectivity index (χ4n) is 3.68. The minimum atomic E-state index is -3.69. The third-order valence-corrected chi connectivity index (χ3v) is 6.61. The molecule has 30 heavy (non-hydrogen) atoms. The number of hydrogen-bond acceptors (Lipinski definition) is 4. The lowest BCUT2D eigenvalue weighted by atomic mass is 10.1. The van der Waals surface area contributed by atoms with Crippen LogP contribution in [0.1, 0.15) is 13.3 Å². The van der Waals surface area contributed by atoms with Crippen molar-refractivity contribution in [2.75, 3.05) is 41.6 Å². The Labute approximate surface area is 181 Å². The van der Waals surface area contributed by atoms with Crippen LogP contribution in [-0.4, -0.2) is 57.7 Å². The first-order valence-electron chi connectivity index (χ1n) is 9.75. The molecule has 0 spiro atoms. The van der Waals surface area contributed by atoms with Crippen molar-refractivity contribution in [1.29, 1.82) is 0 Å². The normalized spacial score (nSPS) is 15.7. The predicted molar refractivity (Wildman–Crippen MR) is 118 cm³/mol. The van der Waals surface area contributed by atoms with Crippen molar-refractivity contribution in [2.24, 2.45) is 0 Å². The van der Waals surface area contributed by atoms with Crippen LogP contribution in [-0.2, 0) is 14.8 Å². The molecule has 0 saturated carbocycles. The number of rotatable bonds is 6. The zero-order chi connectivity index (χ0) is 21.9. The summed E-state index contributed by atoms with van der Waals surface area (Å²) in [6, 6.07) is 11.8. The molecule has 6 nitrogen and oxygen atoms in total. The van der Waals surface area contributed by atoms with Crippen LogP contribution >= 0.6 is 11.6 Å². The van der Waals surface area contributed by atoms with E-state index in [1.807, 2.05) is 0 Å². The summed E-state index contributed by atoms with van der Waals surface area (Å²) in [4.78, 5) is 17.0. The third-order valence-electron chi connectivity index (χ3n) is 5.18. The van der Waals surface area contributed by atoms with E-state index < -0.39 is 16.1 Å². The maximum Gasteiger partial charge on any atom is 0.246 e. The molecule has 0 aliphatic carbocycles. The Morgan fingerprint density at radius 3 is 2.13 bits per heavy atom. The van der Waals surface area contributed by atoms with Gasteiger partial charge in [0.2, 0.25) is 15.9 Å². The van der Waals surface area contributed by atoms with Gasteiger partial charge in [-0.1, -0.05) is 18.5 Å². The van der Waals surface area contributed by atoms with Crippen LogP contribution in [0.4, 0.5) is 15.8 Å². The van der Waals surface area contributed by atoms with Crippen molar-refractivity contribution in [3.63, 3.8) is 0 Å². The number of benzene rings is 2. The zero-order valence-electron chi connectivity index (χ0n) is 17.0. The zero-order valence-corrected chi connectivity index (χ0v) is 18.5. The molecule has 1 fully saturated rings. The van der Waals surface area contributed by atoms with Crippen LogP contribution in [0.3, 0.4) is 0 Å². The Kier molecular flexibility index (Phi) is 6.88. The van der Waals surface area contributed by atoms with Crippen LogP contribution < -0.4 is 9.21 Å². The van der Waals surface area contributed by atoms with Gasteiger partial charge < -0.3 is 9.80 Å². The smallest absolute Gasteiger partial charge is 0.246 e. The molecular formula is C21H25ClFN3O3S. The van der Waals surface area contributed by atoms with Gasteiger partial charge in [0.15, 0.2) is 0 Å². The average Bonchev–Trinajstić information content (AvgIpc) is 2.72. The molecule has 0 aromatic heterocycles. The molecule has 9 heteroatoms. The van der Waals surface area contributed by atoms with Crippen LogP contribution in [0.2, 0.25) is 5.02 Å². The molecule has 0 N–H and O–H groups in total. The first-order chi connectivity index (χ1) is 14.2. The molecular weight excluding hydrogens is 429 g/mol. The van der Waals surface area contributed by atoms with Gasteiger partial charge in [0.25, 0.3) is 0 Å². The standard InChI is InChI=1S/C21H25ClFN3O3S/c1-3-20(26(30(2,28)29)19-8-4-16(22)5-9-19)21(27)25-14-12-24(13-15-25)18-10-6-17(23)7-11-18/h4-11,20H,3,12-15H2,1-2H3. The maximum atomic E-state index is 13.3. The summed E-state index contributed by atoms with van der Waals surface area (Å²) >= 11 is 5.93. The van der Waals surface area contributed by atoms with Gasteiger partial charge in [-0.3, -0.25) is 9.10 Å². The first-order valence-corrected chi connectivity index (χ1v) is 12.0. The van der Waals surface area contributed by atoms with Crippen molar-refractivity contribution in [3.05, 3.63) is 59.4 Å². The van der Waals surface area contributed by atoms with Crippen LogP contribution in [0, 0.1) is 5.82 Å². The Morgan fingerprint density at radius 1 is 1.07 bits per heavy atom. The fraction of sp³-hybridized carbons (Fsp3) is 0.381. The molecule has 0 bridgehead atoms. The summed E-state index contributed by atoms with van der Waals surface area (Å²) in [5.41, 5.74) is 1.31. The number of carbonyl (C=O) groups is 1. The molecule has 1 unspecified atom stereocenters. The largest absolute Gasteiger partial charge is 0.368 e. The second kappa shape index (κ2) is 9.22. The molecule has 1 atom stereocenters. The van der Waals surface area contributed by atoms with Gasteiger partial charge in [0.1, 0.15) is 11.9 Å². The second-order valence-corrected chi connectivity index (χ2v) is 9.54. The highest BCUT2D eigenvalue weighted by Gasteiger charge is 2.35.